The number of nitrogens with one attached hydrogen (secondary N) is 1. The smallest absolute Gasteiger partial charge is 0.262 e. The summed E-state index contributed by atoms with van der Waals surface area (Å²) in [4.78, 5) is 16.8. The normalized spacial score (nSPS) is 11.3. The zero-order chi connectivity index (χ0) is 15.9. The number of rotatable bonds is 3. The van der Waals surface area contributed by atoms with Crippen molar-refractivity contribution in [1.82, 2.24) is 24.8 Å². The molecule has 0 spiro atoms. The fourth-order valence-corrected chi connectivity index (χ4v) is 2.85. The number of aromatic nitrogens is 5. The lowest BCUT2D eigenvalue weighted by atomic mass is 10.2. The number of amides is 1. The minimum atomic E-state index is -0.279. The number of fused-ring (bicyclic) bond motifs is 1. The number of anilines is 1. The Morgan fingerprint density at radius 3 is 2.77 bits per heavy atom. The van der Waals surface area contributed by atoms with Gasteiger partial charge in [-0.2, -0.15) is 5.10 Å². The molecule has 1 amide bonds. The summed E-state index contributed by atoms with van der Waals surface area (Å²) in [6.45, 7) is 7.89. The molecule has 0 aromatic carbocycles. The van der Waals surface area contributed by atoms with Crippen molar-refractivity contribution in [2.24, 2.45) is 0 Å². The summed E-state index contributed by atoms with van der Waals surface area (Å²) in [7, 11) is 0. The molecule has 7 nitrogen and oxygen atoms in total. The van der Waals surface area contributed by atoms with Gasteiger partial charge in [-0.05, 0) is 19.9 Å². The number of carbonyl (C=O) groups excluding carboxylic acids is 1. The molecule has 0 bridgehead atoms. The van der Waals surface area contributed by atoms with Crippen LogP contribution >= 0.6 is 11.3 Å². The predicted molar refractivity (Wildman–Crippen MR) is 84.4 cm³/mol. The fraction of sp³-hybridized carbons (Fsp3) is 0.357. The molecule has 3 aromatic rings. The molecule has 22 heavy (non-hydrogen) atoms. The van der Waals surface area contributed by atoms with Gasteiger partial charge >= 0.3 is 0 Å². The summed E-state index contributed by atoms with van der Waals surface area (Å²) in [5.74, 6) is 0.00560. The second-order valence-corrected chi connectivity index (χ2v) is 6.40. The van der Waals surface area contributed by atoms with Crippen LogP contribution in [0, 0.1) is 13.8 Å². The Hall–Kier alpha value is -2.35. The van der Waals surface area contributed by atoms with Crippen LogP contribution in [0.4, 0.5) is 5.13 Å². The zero-order valence-corrected chi connectivity index (χ0v) is 13.6. The molecule has 3 aromatic heterocycles. The summed E-state index contributed by atoms with van der Waals surface area (Å²) in [5.41, 5.74) is 2.74. The molecule has 0 aliphatic carbocycles. The molecule has 114 valence electrons. The van der Waals surface area contributed by atoms with Crippen molar-refractivity contribution in [2.45, 2.75) is 33.6 Å². The summed E-state index contributed by atoms with van der Waals surface area (Å²) in [5, 5.41) is 16.4. The van der Waals surface area contributed by atoms with Gasteiger partial charge in [-0.3, -0.25) is 10.1 Å². The van der Waals surface area contributed by atoms with Gasteiger partial charge in [0.05, 0.1) is 6.20 Å². The van der Waals surface area contributed by atoms with Gasteiger partial charge in [0.25, 0.3) is 5.91 Å². The van der Waals surface area contributed by atoms with Crippen molar-refractivity contribution in [3.05, 3.63) is 34.2 Å². The van der Waals surface area contributed by atoms with E-state index in [9.17, 15) is 4.79 Å². The lowest BCUT2D eigenvalue weighted by Crippen LogP contribution is -2.12. The molecule has 3 rings (SSSR count). The molecular formula is C14H16N6OS. The highest BCUT2D eigenvalue weighted by Crippen LogP contribution is 2.23. The molecular weight excluding hydrogens is 300 g/mol. The Balaban J connectivity index is 1.92. The van der Waals surface area contributed by atoms with Gasteiger partial charge in [0.1, 0.15) is 10.6 Å². The average Bonchev–Trinajstić information content (AvgIpc) is 3.05. The maximum absolute atomic E-state index is 12.4. The SMILES string of the molecule is Cc1cc(C)n2ncc(C(=O)Nc3nnc(C(C)C)s3)c2n1. The van der Waals surface area contributed by atoms with Crippen LogP contribution in [0.1, 0.15) is 46.5 Å². The van der Waals surface area contributed by atoms with E-state index in [1.54, 1.807) is 4.52 Å². The van der Waals surface area contributed by atoms with E-state index in [-0.39, 0.29) is 11.8 Å². The van der Waals surface area contributed by atoms with Crippen molar-refractivity contribution < 1.29 is 4.79 Å². The summed E-state index contributed by atoms with van der Waals surface area (Å²) in [6.07, 6.45) is 1.52. The van der Waals surface area contributed by atoms with Crippen LogP contribution in [0.3, 0.4) is 0 Å². The van der Waals surface area contributed by atoms with Crippen LogP contribution in [0.25, 0.3) is 5.65 Å². The first-order valence-corrected chi connectivity index (χ1v) is 7.74. The molecule has 8 heteroatoms. The van der Waals surface area contributed by atoms with Crippen molar-refractivity contribution in [3.8, 4) is 0 Å². The van der Waals surface area contributed by atoms with Gasteiger partial charge < -0.3 is 0 Å². The standard InChI is InChI=1S/C14H16N6OS/c1-7(2)13-18-19-14(22-13)17-12(21)10-6-15-20-9(4)5-8(3)16-11(10)20/h5-7H,1-4H3,(H,17,19,21). The largest absolute Gasteiger partial charge is 0.296 e. The number of hydrogen-bond donors (Lipinski definition) is 1. The quantitative estimate of drug-likeness (QED) is 0.802. The van der Waals surface area contributed by atoms with E-state index in [4.69, 9.17) is 0 Å². The van der Waals surface area contributed by atoms with E-state index in [1.807, 2.05) is 33.8 Å². The van der Waals surface area contributed by atoms with Crippen LogP contribution in [0.5, 0.6) is 0 Å². The second kappa shape index (κ2) is 5.45. The van der Waals surface area contributed by atoms with Gasteiger partial charge in [0.15, 0.2) is 5.65 Å². The monoisotopic (exact) mass is 316 g/mol. The molecule has 0 radical (unpaired) electrons. The minimum absolute atomic E-state index is 0.279. The molecule has 3 heterocycles. The topological polar surface area (TPSA) is 85.1 Å². The highest BCUT2D eigenvalue weighted by atomic mass is 32.1. The van der Waals surface area contributed by atoms with Crippen molar-refractivity contribution in [1.29, 1.82) is 0 Å². The van der Waals surface area contributed by atoms with Crippen molar-refractivity contribution in [3.63, 3.8) is 0 Å². The van der Waals surface area contributed by atoms with E-state index in [0.717, 1.165) is 16.4 Å². The van der Waals surface area contributed by atoms with E-state index >= 15 is 0 Å². The van der Waals surface area contributed by atoms with E-state index in [0.29, 0.717) is 16.3 Å². The van der Waals surface area contributed by atoms with Crippen molar-refractivity contribution in [2.75, 3.05) is 5.32 Å². The minimum Gasteiger partial charge on any atom is -0.296 e. The summed E-state index contributed by atoms with van der Waals surface area (Å²) in [6, 6.07) is 1.92. The Morgan fingerprint density at radius 2 is 2.09 bits per heavy atom. The lowest BCUT2D eigenvalue weighted by molar-refractivity contribution is 0.102. The van der Waals surface area contributed by atoms with Gasteiger partial charge in [-0.1, -0.05) is 25.2 Å². The molecule has 0 unspecified atom stereocenters. The molecule has 0 fully saturated rings. The average molecular weight is 316 g/mol. The molecule has 0 saturated heterocycles. The number of hydrogen-bond acceptors (Lipinski definition) is 6. The maximum Gasteiger partial charge on any atom is 0.262 e. The number of nitrogens with zero attached hydrogens (tertiary/aromatic N) is 5. The van der Waals surface area contributed by atoms with Gasteiger partial charge in [-0.25, -0.2) is 9.50 Å². The molecule has 1 N–H and O–H groups in total. The first-order chi connectivity index (χ1) is 10.5. The highest BCUT2D eigenvalue weighted by molar-refractivity contribution is 7.15. The van der Waals surface area contributed by atoms with Gasteiger partial charge in [0, 0.05) is 17.3 Å². The van der Waals surface area contributed by atoms with E-state index in [2.05, 4.69) is 25.6 Å². The van der Waals surface area contributed by atoms with Gasteiger partial charge in [0.2, 0.25) is 5.13 Å². The zero-order valence-electron chi connectivity index (χ0n) is 12.8. The molecule has 0 aliphatic heterocycles. The molecule has 0 saturated carbocycles. The third-order valence-electron chi connectivity index (χ3n) is 3.18. The van der Waals surface area contributed by atoms with Crippen molar-refractivity contribution >= 4 is 28.0 Å². The van der Waals surface area contributed by atoms with Crippen LogP contribution in [0.2, 0.25) is 0 Å². The van der Waals surface area contributed by atoms with E-state index < -0.39 is 0 Å². The number of aryl methyl sites for hydroxylation is 2. The Morgan fingerprint density at radius 1 is 1.32 bits per heavy atom. The third-order valence-corrected chi connectivity index (χ3v) is 4.32. The maximum atomic E-state index is 12.4. The van der Waals surface area contributed by atoms with Crippen LogP contribution in [0.15, 0.2) is 12.3 Å². The highest BCUT2D eigenvalue weighted by Gasteiger charge is 2.17. The molecule has 0 atom stereocenters. The Labute approximate surface area is 131 Å². The van der Waals surface area contributed by atoms with Crippen LogP contribution < -0.4 is 5.32 Å². The fourth-order valence-electron chi connectivity index (χ4n) is 2.11. The second-order valence-electron chi connectivity index (χ2n) is 5.39. The Bertz CT molecular complexity index is 850. The van der Waals surface area contributed by atoms with E-state index in [1.165, 1.54) is 17.5 Å². The number of carbonyl (C=O) groups is 1. The molecule has 0 aliphatic rings. The van der Waals surface area contributed by atoms with Gasteiger partial charge in [-0.15, -0.1) is 10.2 Å². The Kier molecular flexibility index (Phi) is 3.61. The third kappa shape index (κ3) is 2.57. The summed E-state index contributed by atoms with van der Waals surface area (Å²) >= 11 is 1.38. The first-order valence-electron chi connectivity index (χ1n) is 6.92. The first kappa shape index (κ1) is 14.6. The lowest BCUT2D eigenvalue weighted by Gasteiger charge is -2.02. The summed E-state index contributed by atoms with van der Waals surface area (Å²) < 4.78 is 1.65. The van der Waals surface area contributed by atoms with Crippen LogP contribution in [-0.4, -0.2) is 30.7 Å². The van der Waals surface area contributed by atoms with Crippen LogP contribution in [-0.2, 0) is 0 Å². The predicted octanol–water partition coefficient (Wildman–Crippen LogP) is 2.57.